The van der Waals surface area contributed by atoms with E-state index in [1.54, 1.807) is 24.3 Å². The molecular formula is C19H14N2O4. The summed E-state index contributed by atoms with van der Waals surface area (Å²) in [5, 5.41) is 3.63. The van der Waals surface area contributed by atoms with Crippen molar-refractivity contribution in [3.8, 4) is 0 Å². The highest BCUT2D eigenvalue weighted by Gasteiger charge is 2.36. The van der Waals surface area contributed by atoms with Gasteiger partial charge in [-0.2, -0.15) is 0 Å². The van der Waals surface area contributed by atoms with Crippen LogP contribution in [0.2, 0.25) is 0 Å². The predicted molar refractivity (Wildman–Crippen MR) is 89.9 cm³/mol. The summed E-state index contributed by atoms with van der Waals surface area (Å²) in [5.74, 6) is -0.703. The van der Waals surface area contributed by atoms with Crippen LogP contribution in [-0.2, 0) is 11.3 Å². The number of furan rings is 1. The van der Waals surface area contributed by atoms with E-state index < -0.39 is 17.7 Å². The third kappa shape index (κ3) is 2.67. The van der Waals surface area contributed by atoms with E-state index in [-0.39, 0.29) is 13.1 Å². The van der Waals surface area contributed by atoms with E-state index in [0.717, 1.165) is 15.9 Å². The van der Waals surface area contributed by atoms with Gasteiger partial charge in [0.15, 0.2) is 0 Å². The molecule has 124 valence electrons. The molecule has 25 heavy (non-hydrogen) atoms. The zero-order valence-electron chi connectivity index (χ0n) is 13.2. The SMILES string of the molecule is O=C(CN1C(=O)c2ccccc2C1=O)NCc1cc2ccccc2o1. The first kappa shape index (κ1) is 15.1. The van der Waals surface area contributed by atoms with Crippen molar-refractivity contribution in [2.75, 3.05) is 6.54 Å². The van der Waals surface area contributed by atoms with Gasteiger partial charge in [0.2, 0.25) is 5.91 Å². The fourth-order valence-electron chi connectivity index (χ4n) is 2.89. The molecule has 0 bridgehead atoms. The molecule has 1 aromatic heterocycles. The number of amides is 3. The van der Waals surface area contributed by atoms with Crippen molar-refractivity contribution < 1.29 is 18.8 Å². The Labute approximate surface area is 143 Å². The van der Waals surface area contributed by atoms with Crippen molar-refractivity contribution in [1.82, 2.24) is 10.2 Å². The van der Waals surface area contributed by atoms with Gasteiger partial charge >= 0.3 is 0 Å². The van der Waals surface area contributed by atoms with Crippen LogP contribution in [0.25, 0.3) is 11.0 Å². The lowest BCUT2D eigenvalue weighted by atomic mass is 10.1. The van der Waals surface area contributed by atoms with E-state index in [1.165, 1.54) is 0 Å². The third-order valence-corrected chi connectivity index (χ3v) is 4.12. The van der Waals surface area contributed by atoms with Crippen molar-refractivity contribution >= 4 is 28.7 Å². The molecule has 3 aromatic rings. The van der Waals surface area contributed by atoms with E-state index in [4.69, 9.17) is 4.42 Å². The van der Waals surface area contributed by atoms with Gasteiger partial charge in [0.1, 0.15) is 17.9 Å². The summed E-state index contributed by atoms with van der Waals surface area (Å²) in [6.45, 7) is -0.122. The smallest absolute Gasteiger partial charge is 0.262 e. The number of hydrogen-bond acceptors (Lipinski definition) is 4. The van der Waals surface area contributed by atoms with E-state index >= 15 is 0 Å². The lowest BCUT2D eigenvalue weighted by Crippen LogP contribution is -2.40. The molecule has 0 saturated heterocycles. The molecule has 0 fully saturated rings. The molecule has 0 spiro atoms. The number of imide groups is 1. The summed E-state index contributed by atoms with van der Waals surface area (Å²) in [6.07, 6.45) is 0. The number of hydrogen-bond donors (Lipinski definition) is 1. The van der Waals surface area contributed by atoms with Crippen molar-refractivity contribution in [3.05, 3.63) is 71.5 Å². The number of nitrogens with one attached hydrogen (secondary N) is 1. The number of carbonyl (C=O) groups is 3. The zero-order chi connectivity index (χ0) is 17.4. The minimum absolute atomic E-state index is 0.191. The molecule has 4 rings (SSSR count). The van der Waals surface area contributed by atoms with E-state index in [2.05, 4.69) is 5.32 Å². The minimum Gasteiger partial charge on any atom is -0.459 e. The molecule has 2 aromatic carbocycles. The molecule has 0 radical (unpaired) electrons. The second kappa shape index (κ2) is 5.90. The Balaban J connectivity index is 1.41. The summed E-state index contributed by atoms with van der Waals surface area (Å²) >= 11 is 0. The standard InChI is InChI=1S/C19H14N2O4/c22-17(20-10-13-9-12-5-1-4-8-16(12)25-13)11-21-18(23)14-6-2-3-7-15(14)19(21)24/h1-9H,10-11H2,(H,20,22). The van der Waals surface area contributed by atoms with Crippen LogP contribution in [-0.4, -0.2) is 29.2 Å². The molecule has 6 nitrogen and oxygen atoms in total. The molecule has 2 heterocycles. The van der Waals surface area contributed by atoms with Crippen LogP contribution in [0.4, 0.5) is 0 Å². The van der Waals surface area contributed by atoms with Gasteiger partial charge in [-0.15, -0.1) is 0 Å². The van der Waals surface area contributed by atoms with Crippen LogP contribution in [0.3, 0.4) is 0 Å². The summed E-state index contributed by atoms with van der Waals surface area (Å²) in [4.78, 5) is 37.6. The van der Waals surface area contributed by atoms with E-state index in [1.807, 2.05) is 30.3 Å². The fraction of sp³-hybridized carbons (Fsp3) is 0.105. The van der Waals surface area contributed by atoms with Gasteiger partial charge in [-0.1, -0.05) is 30.3 Å². The first-order valence-corrected chi connectivity index (χ1v) is 7.83. The maximum Gasteiger partial charge on any atom is 0.262 e. The maximum atomic E-state index is 12.2. The Bertz CT molecular complexity index is 937. The highest BCUT2D eigenvalue weighted by molar-refractivity contribution is 6.22. The summed E-state index contributed by atoms with van der Waals surface area (Å²) in [5.41, 5.74) is 1.40. The van der Waals surface area contributed by atoms with Crippen LogP contribution in [0.15, 0.2) is 59.0 Å². The van der Waals surface area contributed by atoms with Crippen molar-refractivity contribution in [3.63, 3.8) is 0 Å². The van der Waals surface area contributed by atoms with Gasteiger partial charge in [0.05, 0.1) is 17.7 Å². The number of benzene rings is 2. The van der Waals surface area contributed by atoms with Gasteiger partial charge in [-0.25, -0.2) is 0 Å². The normalized spacial score (nSPS) is 13.4. The lowest BCUT2D eigenvalue weighted by molar-refractivity contribution is -0.121. The number of nitrogens with zero attached hydrogens (tertiary/aromatic N) is 1. The van der Waals surface area contributed by atoms with Gasteiger partial charge in [-0.3, -0.25) is 19.3 Å². The Hall–Kier alpha value is -3.41. The molecule has 1 aliphatic rings. The van der Waals surface area contributed by atoms with Crippen molar-refractivity contribution in [2.45, 2.75) is 6.54 Å². The van der Waals surface area contributed by atoms with Crippen molar-refractivity contribution in [2.24, 2.45) is 0 Å². The Morgan fingerprint density at radius 3 is 2.28 bits per heavy atom. The molecule has 0 unspecified atom stereocenters. The third-order valence-electron chi connectivity index (χ3n) is 4.12. The number of fused-ring (bicyclic) bond motifs is 2. The number of para-hydroxylation sites is 1. The molecule has 0 atom stereocenters. The lowest BCUT2D eigenvalue weighted by Gasteiger charge is -2.13. The quantitative estimate of drug-likeness (QED) is 0.743. The van der Waals surface area contributed by atoms with Gasteiger partial charge in [-0.05, 0) is 24.3 Å². The molecular weight excluding hydrogens is 320 g/mol. The first-order chi connectivity index (χ1) is 12.1. The average molecular weight is 334 g/mol. The molecule has 0 aliphatic carbocycles. The van der Waals surface area contributed by atoms with Gasteiger partial charge in [0, 0.05) is 5.39 Å². The van der Waals surface area contributed by atoms with Crippen LogP contribution < -0.4 is 5.32 Å². The topological polar surface area (TPSA) is 79.6 Å². The Kier molecular flexibility index (Phi) is 3.57. The summed E-state index contributed by atoms with van der Waals surface area (Å²) in [6, 6.07) is 15.9. The molecule has 1 N–H and O–H groups in total. The molecule has 1 aliphatic heterocycles. The second-order valence-corrected chi connectivity index (χ2v) is 5.77. The van der Waals surface area contributed by atoms with Crippen LogP contribution in [0.5, 0.6) is 0 Å². The number of rotatable bonds is 4. The molecule has 3 amide bonds. The van der Waals surface area contributed by atoms with Crippen LogP contribution >= 0.6 is 0 Å². The van der Waals surface area contributed by atoms with Crippen LogP contribution in [0.1, 0.15) is 26.5 Å². The van der Waals surface area contributed by atoms with Gasteiger partial charge in [0.25, 0.3) is 11.8 Å². The van der Waals surface area contributed by atoms with Crippen LogP contribution in [0, 0.1) is 0 Å². The first-order valence-electron chi connectivity index (χ1n) is 7.83. The summed E-state index contributed by atoms with van der Waals surface area (Å²) in [7, 11) is 0. The summed E-state index contributed by atoms with van der Waals surface area (Å²) < 4.78 is 5.62. The maximum absolute atomic E-state index is 12.2. The predicted octanol–water partition coefficient (Wildman–Crippen LogP) is 2.35. The minimum atomic E-state index is -0.445. The number of carbonyl (C=O) groups excluding carboxylic acids is 3. The zero-order valence-corrected chi connectivity index (χ0v) is 13.2. The second-order valence-electron chi connectivity index (χ2n) is 5.77. The average Bonchev–Trinajstić information content (AvgIpc) is 3.15. The Morgan fingerprint density at radius 2 is 1.60 bits per heavy atom. The van der Waals surface area contributed by atoms with Gasteiger partial charge < -0.3 is 9.73 Å². The largest absolute Gasteiger partial charge is 0.459 e. The molecule has 6 heteroatoms. The van der Waals surface area contributed by atoms with Crippen molar-refractivity contribution in [1.29, 1.82) is 0 Å². The highest BCUT2D eigenvalue weighted by atomic mass is 16.3. The van der Waals surface area contributed by atoms with E-state index in [9.17, 15) is 14.4 Å². The Morgan fingerprint density at radius 1 is 0.960 bits per heavy atom. The fourth-order valence-corrected chi connectivity index (χ4v) is 2.89. The monoisotopic (exact) mass is 334 g/mol. The highest BCUT2D eigenvalue weighted by Crippen LogP contribution is 2.22. The van der Waals surface area contributed by atoms with E-state index in [0.29, 0.717) is 16.9 Å². The molecule has 0 saturated carbocycles.